The number of hydrogen-bond acceptors (Lipinski definition) is 5. The van der Waals surface area contributed by atoms with Crippen molar-refractivity contribution in [3.8, 4) is 5.75 Å². The molecule has 0 spiro atoms. The molecule has 4 rings (SSSR count). The van der Waals surface area contributed by atoms with Crippen LogP contribution in [-0.4, -0.2) is 41.1 Å². The first-order valence-corrected chi connectivity index (χ1v) is 8.62. The summed E-state index contributed by atoms with van der Waals surface area (Å²) in [5, 5.41) is 4.11. The van der Waals surface area contributed by atoms with Crippen molar-refractivity contribution in [3.63, 3.8) is 0 Å². The van der Waals surface area contributed by atoms with Crippen molar-refractivity contribution >= 4 is 5.91 Å². The number of ether oxygens (including phenoxy) is 1. The van der Waals surface area contributed by atoms with Crippen LogP contribution in [0.5, 0.6) is 5.75 Å². The highest BCUT2D eigenvalue weighted by molar-refractivity contribution is 5.94. The second-order valence-electron chi connectivity index (χ2n) is 6.70. The molecular formula is C18H20FN3O3. The molecule has 1 aliphatic heterocycles. The lowest BCUT2D eigenvalue weighted by molar-refractivity contribution is 0.0703. The number of benzene rings is 1. The number of aromatic nitrogens is 2. The van der Waals surface area contributed by atoms with Crippen LogP contribution in [-0.2, 0) is 0 Å². The van der Waals surface area contributed by atoms with Crippen LogP contribution < -0.4 is 4.74 Å². The van der Waals surface area contributed by atoms with Crippen LogP contribution in [0.1, 0.15) is 59.6 Å². The van der Waals surface area contributed by atoms with Gasteiger partial charge in [0.2, 0.25) is 5.89 Å². The molecule has 2 aromatic rings. The Labute approximate surface area is 145 Å². The van der Waals surface area contributed by atoms with Gasteiger partial charge in [0.25, 0.3) is 5.91 Å². The molecule has 2 heterocycles. The van der Waals surface area contributed by atoms with Gasteiger partial charge in [-0.05, 0) is 43.9 Å². The highest BCUT2D eigenvalue weighted by atomic mass is 19.1. The van der Waals surface area contributed by atoms with Crippen molar-refractivity contribution < 1.29 is 18.4 Å². The number of methoxy groups -OCH3 is 1. The zero-order chi connectivity index (χ0) is 17.4. The maximum absolute atomic E-state index is 13.6. The summed E-state index contributed by atoms with van der Waals surface area (Å²) in [7, 11) is 1.39. The molecule has 2 aliphatic rings. The monoisotopic (exact) mass is 345 g/mol. The second-order valence-corrected chi connectivity index (χ2v) is 6.70. The van der Waals surface area contributed by atoms with Crippen LogP contribution in [0.2, 0.25) is 0 Å². The summed E-state index contributed by atoms with van der Waals surface area (Å²) in [4.78, 5) is 19.1. The quantitative estimate of drug-likeness (QED) is 0.852. The normalized spacial score (nSPS) is 20.6. The van der Waals surface area contributed by atoms with Gasteiger partial charge in [0, 0.05) is 30.5 Å². The van der Waals surface area contributed by atoms with Crippen molar-refractivity contribution in [2.45, 2.75) is 37.5 Å². The minimum Gasteiger partial charge on any atom is -0.494 e. The molecule has 1 atom stereocenters. The Kier molecular flexibility index (Phi) is 4.15. The Morgan fingerprint density at radius 2 is 2.16 bits per heavy atom. The first-order chi connectivity index (χ1) is 12.2. The summed E-state index contributed by atoms with van der Waals surface area (Å²) in [6.45, 7) is 1.21. The van der Waals surface area contributed by atoms with Gasteiger partial charge < -0.3 is 14.2 Å². The standard InChI is InChI=1S/C18H20FN3O3/c1-24-15-9-12(6-7-14(15)19)18(23)22-8-2-3-13(10-22)16-20-17(25-21-16)11-4-5-11/h6-7,9,11,13H,2-5,8,10H2,1H3. The summed E-state index contributed by atoms with van der Waals surface area (Å²) in [5.41, 5.74) is 0.422. The Morgan fingerprint density at radius 3 is 2.92 bits per heavy atom. The number of rotatable bonds is 4. The summed E-state index contributed by atoms with van der Waals surface area (Å²) in [6.07, 6.45) is 4.04. The molecule has 0 radical (unpaired) electrons. The number of halogens is 1. The fourth-order valence-electron chi connectivity index (χ4n) is 3.26. The summed E-state index contributed by atoms with van der Waals surface area (Å²) in [5.74, 6) is 1.39. The van der Waals surface area contributed by atoms with E-state index in [1.54, 1.807) is 4.90 Å². The predicted molar refractivity (Wildman–Crippen MR) is 87.1 cm³/mol. The maximum atomic E-state index is 13.6. The van der Waals surface area contributed by atoms with Crippen LogP contribution in [0.25, 0.3) is 0 Å². The fourth-order valence-corrected chi connectivity index (χ4v) is 3.26. The molecule has 1 unspecified atom stereocenters. The number of hydrogen-bond donors (Lipinski definition) is 0. The van der Waals surface area contributed by atoms with Gasteiger partial charge in [-0.25, -0.2) is 4.39 Å². The van der Waals surface area contributed by atoms with Crippen molar-refractivity contribution in [2.24, 2.45) is 0 Å². The second kappa shape index (κ2) is 6.46. The smallest absolute Gasteiger partial charge is 0.254 e. The minimum absolute atomic E-state index is 0.0756. The van der Waals surface area contributed by atoms with Crippen LogP contribution in [0.4, 0.5) is 4.39 Å². The molecule has 1 saturated heterocycles. The molecule has 1 saturated carbocycles. The Balaban J connectivity index is 1.49. The van der Waals surface area contributed by atoms with E-state index in [-0.39, 0.29) is 17.6 Å². The number of amides is 1. The lowest BCUT2D eigenvalue weighted by atomic mass is 9.96. The highest BCUT2D eigenvalue weighted by Gasteiger charge is 2.33. The molecule has 6 nitrogen and oxygen atoms in total. The van der Waals surface area contributed by atoms with E-state index in [1.165, 1.54) is 25.3 Å². The summed E-state index contributed by atoms with van der Waals surface area (Å²) in [6, 6.07) is 4.19. The van der Waals surface area contributed by atoms with Gasteiger partial charge in [-0.1, -0.05) is 5.16 Å². The number of piperidine rings is 1. The van der Waals surface area contributed by atoms with E-state index < -0.39 is 5.82 Å². The third-order valence-corrected chi connectivity index (χ3v) is 4.86. The molecule has 1 aliphatic carbocycles. The fraction of sp³-hybridized carbons (Fsp3) is 0.500. The van der Waals surface area contributed by atoms with Crippen LogP contribution >= 0.6 is 0 Å². The van der Waals surface area contributed by atoms with Crippen LogP contribution in [0.15, 0.2) is 22.7 Å². The van der Waals surface area contributed by atoms with E-state index in [0.717, 1.165) is 31.6 Å². The third kappa shape index (κ3) is 3.23. The Morgan fingerprint density at radius 1 is 1.32 bits per heavy atom. The van der Waals surface area contributed by atoms with Gasteiger partial charge in [0.15, 0.2) is 17.4 Å². The average molecular weight is 345 g/mol. The van der Waals surface area contributed by atoms with Crippen molar-refractivity contribution in [1.82, 2.24) is 15.0 Å². The van der Waals surface area contributed by atoms with E-state index in [9.17, 15) is 9.18 Å². The molecule has 2 fully saturated rings. The molecule has 1 amide bonds. The number of carbonyl (C=O) groups is 1. The van der Waals surface area contributed by atoms with Gasteiger partial charge in [-0.2, -0.15) is 4.98 Å². The largest absolute Gasteiger partial charge is 0.494 e. The SMILES string of the molecule is COc1cc(C(=O)N2CCCC(c3noc(C4CC4)n3)C2)ccc1F. The van der Waals surface area contributed by atoms with Gasteiger partial charge >= 0.3 is 0 Å². The Hall–Kier alpha value is -2.44. The van der Waals surface area contributed by atoms with Gasteiger partial charge in [-0.3, -0.25) is 4.79 Å². The van der Waals surface area contributed by atoms with Crippen LogP contribution in [0, 0.1) is 5.82 Å². The zero-order valence-corrected chi connectivity index (χ0v) is 14.1. The molecule has 1 aromatic heterocycles. The first-order valence-electron chi connectivity index (χ1n) is 8.62. The summed E-state index contributed by atoms with van der Waals surface area (Å²) >= 11 is 0. The minimum atomic E-state index is -0.477. The molecule has 7 heteroatoms. The van der Waals surface area contributed by atoms with Crippen molar-refractivity contribution in [1.29, 1.82) is 0 Å². The lowest BCUT2D eigenvalue weighted by Gasteiger charge is -2.31. The zero-order valence-electron chi connectivity index (χ0n) is 14.1. The van der Waals surface area contributed by atoms with Gasteiger partial charge in [0.05, 0.1) is 7.11 Å². The lowest BCUT2D eigenvalue weighted by Crippen LogP contribution is -2.39. The van der Waals surface area contributed by atoms with E-state index in [2.05, 4.69) is 10.1 Å². The molecule has 0 bridgehead atoms. The number of carbonyl (C=O) groups excluding carboxylic acids is 1. The molecule has 132 valence electrons. The number of nitrogens with zero attached hydrogens (tertiary/aromatic N) is 3. The topological polar surface area (TPSA) is 68.5 Å². The van der Waals surface area contributed by atoms with Crippen molar-refractivity contribution in [3.05, 3.63) is 41.3 Å². The molecular weight excluding hydrogens is 325 g/mol. The molecule has 0 N–H and O–H groups in total. The van der Waals surface area contributed by atoms with E-state index in [4.69, 9.17) is 9.26 Å². The van der Waals surface area contributed by atoms with Gasteiger partial charge in [0.1, 0.15) is 0 Å². The summed E-state index contributed by atoms with van der Waals surface area (Å²) < 4.78 is 23.9. The molecule has 25 heavy (non-hydrogen) atoms. The van der Waals surface area contributed by atoms with Crippen molar-refractivity contribution in [2.75, 3.05) is 20.2 Å². The first kappa shape index (κ1) is 16.1. The Bertz CT molecular complexity index is 788. The van der Waals surface area contributed by atoms with E-state index in [0.29, 0.717) is 30.4 Å². The third-order valence-electron chi connectivity index (χ3n) is 4.86. The van der Waals surface area contributed by atoms with Gasteiger partial charge in [-0.15, -0.1) is 0 Å². The molecule has 1 aromatic carbocycles. The highest BCUT2D eigenvalue weighted by Crippen LogP contribution is 2.39. The average Bonchev–Trinajstić information content (AvgIpc) is 3.38. The van der Waals surface area contributed by atoms with Crippen LogP contribution in [0.3, 0.4) is 0 Å². The maximum Gasteiger partial charge on any atom is 0.254 e. The predicted octanol–water partition coefficient (Wildman–Crippen LogP) is 3.11. The van der Waals surface area contributed by atoms with E-state index in [1.807, 2.05) is 0 Å². The number of likely N-dealkylation sites (tertiary alicyclic amines) is 1. The van der Waals surface area contributed by atoms with E-state index >= 15 is 0 Å².